The van der Waals surface area contributed by atoms with Gasteiger partial charge in [-0.1, -0.05) is 19.8 Å². The lowest BCUT2D eigenvalue weighted by atomic mass is 9.94. The lowest BCUT2D eigenvalue weighted by molar-refractivity contribution is -0.0546. The number of aryl methyl sites for hydroxylation is 2. The monoisotopic (exact) mass is 518 g/mol. The van der Waals surface area contributed by atoms with E-state index in [0.717, 1.165) is 25.0 Å². The first-order valence-corrected chi connectivity index (χ1v) is 11.1. The summed E-state index contributed by atoms with van der Waals surface area (Å²) in [5, 5.41) is 10.1. The van der Waals surface area contributed by atoms with Crippen molar-refractivity contribution in [1.29, 1.82) is 0 Å². The quantitative estimate of drug-likeness (QED) is 0.218. The Kier molecular flexibility index (Phi) is 8.81. The molecular formula is C26H22F8O2. The third-order valence-electron chi connectivity index (χ3n) is 5.64. The minimum atomic E-state index is -3.47. The van der Waals surface area contributed by atoms with Crippen LogP contribution in [-0.2, 0) is 19.3 Å². The van der Waals surface area contributed by atoms with Gasteiger partial charge in [-0.15, -0.1) is 0 Å². The van der Waals surface area contributed by atoms with E-state index in [1.165, 1.54) is 0 Å². The molecule has 0 saturated carbocycles. The zero-order chi connectivity index (χ0) is 26.6. The van der Waals surface area contributed by atoms with Crippen LogP contribution in [0.3, 0.4) is 0 Å². The van der Waals surface area contributed by atoms with Crippen LogP contribution in [0.1, 0.15) is 42.9 Å². The third-order valence-corrected chi connectivity index (χ3v) is 5.64. The largest absolute Gasteiger partial charge is 0.507 e. The molecule has 0 aromatic heterocycles. The number of halogens is 8. The van der Waals surface area contributed by atoms with Crippen LogP contribution in [0.25, 0.3) is 11.1 Å². The summed E-state index contributed by atoms with van der Waals surface area (Å²) >= 11 is 0. The van der Waals surface area contributed by atoms with Crippen LogP contribution in [0, 0.1) is 34.9 Å². The highest BCUT2D eigenvalue weighted by atomic mass is 19.3. The van der Waals surface area contributed by atoms with Gasteiger partial charge >= 0.3 is 6.61 Å². The summed E-state index contributed by atoms with van der Waals surface area (Å²) in [6, 6.07) is 3.85. The fourth-order valence-corrected chi connectivity index (χ4v) is 3.93. The zero-order valence-electron chi connectivity index (χ0n) is 19.1. The van der Waals surface area contributed by atoms with Crippen molar-refractivity contribution in [1.82, 2.24) is 0 Å². The maximum atomic E-state index is 15.3. The molecule has 36 heavy (non-hydrogen) atoms. The van der Waals surface area contributed by atoms with Gasteiger partial charge in [-0.25, -0.2) is 26.3 Å². The lowest BCUT2D eigenvalue weighted by Crippen LogP contribution is -2.07. The molecule has 2 nitrogen and oxygen atoms in total. The number of phenols is 1. The topological polar surface area (TPSA) is 29.5 Å². The Balaban J connectivity index is 1.93. The van der Waals surface area contributed by atoms with E-state index in [2.05, 4.69) is 4.74 Å². The van der Waals surface area contributed by atoms with Crippen LogP contribution >= 0.6 is 0 Å². The van der Waals surface area contributed by atoms with Gasteiger partial charge in [-0.05, 0) is 61.1 Å². The molecule has 3 rings (SSSR count). The summed E-state index contributed by atoms with van der Waals surface area (Å²) in [6.07, 6.45) is 1.91. The Morgan fingerprint density at radius 2 is 1.25 bits per heavy atom. The Morgan fingerprint density at radius 3 is 1.81 bits per heavy atom. The summed E-state index contributed by atoms with van der Waals surface area (Å²) in [5.41, 5.74) is -2.26. The number of alkyl halides is 2. The van der Waals surface area contributed by atoms with Gasteiger partial charge in [0.25, 0.3) is 0 Å². The summed E-state index contributed by atoms with van der Waals surface area (Å²) in [5.74, 6) is -10.2. The van der Waals surface area contributed by atoms with E-state index in [1.807, 2.05) is 6.92 Å². The Hall–Kier alpha value is -3.30. The maximum absolute atomic E-state index is 15.3. The molecule has 0 saturated heterocycles. The van der Waals surface area contributed by atoms with Crippen LogP contribution in [-0.4, -0.2) is 11.7 Å². The molecule has 0 unspecified atom stereocenters. The predicted molar refractivity (Wildman–Crippen MR) is 117 cm³/mol. The molecule has 194 valence electrons. The zero-order valence-corrected chi connectivity index (χ0v) is 19.1. The number of unbranched alkanes of at least 4 members (excludes halogenated alkanes) is 2. The Labute approximate surface area is 202 Å². The second-order valence-electron chi connectivity index (χ2n) is 8.20. The van der Waals surface area contributed by atoms with E-state index >= 15 is 4.39 Å². The fourth-order valence-electron chi connectivity index (χ4n) is 3.93. The summed E-state index contributed by atoms with van der Waals surface area (Å²) in [4.78, 5) is 0. The van der Waals surface area contributed by atoms with E-state index < -0.39 is 76.1 Å². The van der Waals surface area contributed by atoms with Crippen LogP contribution in [0.4, 0.5) is 35.1 Å². The Bertz CT molecular complexity index is 1200. The summed E-state index contributed by atoms with van der Waals surface area (Å²) in [7, 11) is 0. The van der Waals surface area contributed by atoms with Crippen LogP contribution < -0.4 is 4.74 Å². The average molecular weight is 518 g/mol. The van der Waals surface area contributed by atoms with Gasteiger partial charge in [0.1, 0.15) is 29.0 Å². The van der Waals surface area contributed by atoms with Crippen molar-refractivity contribution in [2.75, 3.05) is 0 Å². The highest BCUT2D eigenvalue weighted by Gasteiger charge is 2.25. The highest BCUT2D eigenvalue weighted by molar-refractivity contribution is 5.73. The first kappa shape index (κ1) is 27.3. The second-order valence-corrected chi connectivity index (χ2v) is 8.20. The molecule has 1 N–H and O–H groups in total. The first-order chi connectivity index (χ1) is 17.0. The first-order valence-electron chi connectivity index (χ1n) is 11.1. The van der Waals surface area contributed by atoms with E-state index in [9.17, 15) is 35.8 Å². The number of hydrogen-bond donors (Lipinski definition) is 1. The number of hydrogen-bond acceptors (Lipinski definition) is 2. The number of rotatable bonds is 10. The molecule has 0 aliphatic heterocycles. The van der Waals surface area contributed by atoms with Gasteiger partial charge in [-0.2, -0.15) is 8.78 Å². The predicted octanol–water partition coefficient (Wildman–Crippen LogP) is 8.01. The minimum absolute atomic E-state index is 0.145. The molecule has 10 heteroatoms. The van der Waals surface area contributed by atoms with Crippen molar-refractivity contribution in [3.8, 4) is 22.6 Å². The van der Waals surface area contributed by atoms with Crippen molar-refractivity contribution in [3.05, 3.63) is 81.9 Å². The molecule has 0 amide bonds. The number of phenolic OH excluding ortho intramolecular Hbond substituents is 1. The standard InChI is InChI=1S/C26H22F8O2/c1-2-3-4-5-13-8-17(28)22(18(29)9-13)23-21(35)12-16(27)15(24(23)32)7-6-14-10-19(30)25(20(31)11-14)36-26(33)34/h8-12,26,35H,2-7H2,1H3. The minimum Gasteiger partial charge on any atom is -0.507 e. The van der Waals surface area contributed by atoms with Gasteiger partial charge in [0.05, 0.1) is 11.1 Å². The van der Waals surface area contributed by atoms with Crippen molar-refractivity contribution >= 4 is 0 Å². The Morgan fingerprint density at radius 1 is 0.694 bits per heavy atom. The van der Waals surface area contributed by atoms with E-state index in [0.29, 0.717) is 36.6 Å². The molecule has 0 bridgehead atoms. The maximum Gasteiger partial charge on any atom is 0.387 e. The van der Waals surface area contributed by atoms with Crippen molar-refractivity contribution < 1.29 is 45.0 Å². The van der Waals surface area contributed by atoms with Gasteiger partial charge in [0.15, 0.2) is 17.4 Å². The molecule has 3 aromatic rings. The number of benzene rings is 3. The average Bonchev–Trinajstić information content (AvgIpc) is 2.77. The molecule has 0 aliphatic rings. The lowest BCUT2D eigenvalue weighted by Gasteiger charge is -2.15. The van der Waals surface area contributed by atoms with Gasteiger partial charge in [0.2, 0.25) is 0 Å². The van der Waals surface area contributed by atoms with Crippen LogP contribution in [0.5, 0.6) is 11.5 Å². The molecule has 0 atom stereocenters. The normalized spacial score (nSPS) is 11.4. The van der Waals surface area contributed by atoms with Crippen molar-refractivity contribution in [3.63, 3.8) is 0 Å². The number of ether oxygens (including phenoxy) is 1. The summed E-state index contributed by atoms with van der Waals surface area (Å²) in [6.45, 7) is -1.50. The molecule has 0 fully saturated rings. The van der Waals surface area contributed by atoms with Crippen molar-refractivity contribution in [2.24, 2.45) is 0 Å². The molecular weight excluding hydrogens is 496 g/mol. The smallest absolute Gasteiger partial charge is 0.387 e. The van der Waals surface area contributed by atoms with Gasteiger partial charge in [0, 0.05) is 11.6 Å². The van der Waals surface area contributed by atoms with E-state index in [-0.39, 0.29) is 12.0 Å². The van der Waals surface area contributed by atoms with Gasteiger partial charge in [-0.3, -0.25) is 0 Å². The fraction of sp³-hybridized carbons (Fsp3) is 0.308. The van der Waals surface area contributed by atoms with Crippen LogP contribution in [0.2, 0.25) is 0 Å². The molecule has 0 heterocycles. The summed E-state index contributed by atoms with van der Waals surface area (Å²) < 4.78 is 116. The molecule has 0 aliphatic carbocycles. The van der Waals surface area contributed by atoms with Crippen LogP contribution in [0.15, 0.2) is 30.3 Å². The van der Waals surface area contributed by atoms with Crippen molar-refractivity contribution in [2.45, 2.75) is 52.1 Å². The SMILES string of the molecule is CCCCCc1cc(F)c(-c2c(O)cc(F)c(CCc3cc(F)c(OC(F)F)c(F)c3)c2F)c(F)c1. The van der Waals surface area contributed by atoms with E-state index in [1.54, 1.807) is 0 Å². The van der Waals surface area contributed by atoms with E-state index in [4.69, 9.17) is 0 Å². The van der Waals surface area contributed by atoms with Gasteiger partial charge < -0.3 is 9.84 Å². The molecule has 0 radical (unpaired) electrons. The highest BCUT2D eigenvalue weighted by Crippen LogP contribution is 2.39. The third kappa shape index (κ3) is 6.09. The molecule has 3 aromatic carbocycles. The number of aromatic hydroxyl groups is 1. The molecule has 0 spiro atoms. The second kappa shape index (κ2) is 11.6.